The van der Waals surface area contributed by atoms with E-state index < -0.39 is 0 Å². The van der Waals surface area contributed by atoms with Crippen molar-refractivity contribution in [3.05, 3.63) is 11.7 Å². The number of rotatable bonds is 3. The van der Waals surface area contributed by atoms with E-state index in [1.165, 1.54) is 32.1 Å². The van der Waals surface area contributed by atoms with E-state index in [1.54, 1.807) is 0 Å². The van der Waals surface area contributed by atoms with E-state index >= 15 is 0 Å². The first-order valence-corrected chi connectivity index (χ1v) is 7.49. The van der Waals surface area contributed by atoms with E-state index in [0.29, 0.717) is 17.5 Å². The van der Waals surface area contributed by atoms with Gasteiger partial charge in [0.05, 0.1) is 6.54 Å². The number of nitrogens with one attached hydrogen (secondary N) is 1. The lowest BCUT2D eigenvalue weighted by atomic mass is 9.91. The number of aromatic nitrogens is 2. The van der Waals surface area contributed by atoms with E-state index in [9.17, 15) is 0 Å². The van der Waals surface area contributed by atoms with Crippen LogP contribution in [0, 0.1) is 6.92 Å². The molecule has 0 amide bonds. The predicted molar refractivity (Wildman–Crippen MR) is 72.7 cm³/mol. The minimum atomic E-state index is 0.352. The minimum Gasteiger partial charge on any atom is -0.340 e. The van der Waals surface area contributed by atoms with Crippen molar-refractivity contribution in [1.82, 2.24) is 20.4 Å². The Bertz CT molecular complexity index is 425. The maximum atomic E-state index is 5.09. The zero-order chi connectivity index (χ0) is 13.3. The molecule has 5 nitrogen and oxygen atoms in total. The lowest BCUT2D eigenvalue weighted by Gasteiger charge is -2.45. The first kappa shape index (κ1) is 13.1. The summed E-state index contributed by atoms with van der Waals surface area (Å²) in [4.78, 5) is 6.90. The molecule has 1 aliphatic carbocycles. The van der Waals surface area contributed by atoms with Crippen LogP contribution in [0.2, 0.25) is 0 Å². The summed E-state index contributed by atoms with van der Waals surface area (Å²) in [5.41, 5.74) is 0.352. The van der Waals surface area contributed by atoms with E-state index in [4.69, 9.17) is 4.52 Å². The Morgan fingerprint density at radius 1 is 1.42 bits per heavy atom. The second-order valence-electron chi connectivity index (χ2n) is 6.07. The summed E-state index contributed by atoms with van der Waals surface area (Å²) in [5.74, 6) is 1.49. The summed E-state index contributed by atoms with van der Waals surface area (Å²) in [6, 6.07) is 0.588. The summed E-state index contributed by atoms with van der Waals surface area (Å²) in [7, 11) is 0. The molecule has 2 fully saturated rings. The van der Waals surface area contributed by atoms with Gasteiger partial charge in [0.25, 0.3) is 0 Å². The van der Waals surface area contributed by atoms with Crippen LogP contribution in [0.15, 0.2) is 4.52 Å². The van der Waals surface area contributed by atoms with Crippen LogP contribution in [0.1, 0.15) is 50.7 Å². The Morgan fingerprint density at radius 2 is 2.21 bits per heavy atom. The Hall–Kier alpha value is -0.940. The maximum Gasteiger partial charge on any atom is 0.223 e. The fourth-order valence-electron chi connectivity index (χ4n) is 3.60. The third kappa shape index (κ3) is 2.67. The summed E-state index contributed by atoms with van der Waals surface area (Å²) < 4.78 is 5.09. The molecule has 5 heteroatoms. The minimum absolute atomic E-state index is 0.352. The molecule has 19 heavy (non-hydrogen) atoms. The lowest BCUT2D eigenvalue weighted by Crippen LogP contribution is -2.62. The van der Waals surface area contributed by atoms with Crippen LogP contribution in [-0.2, 0) is 6.54 Å². The zero-order valence-electron chi connectivity index (χ0n) is 12.0. The molecule has 1 unspecified atom stereocenters. The van der Waals surface area contributed by atoms with E-state index in [0.717, 1.165) is 25.5 Å². The fourth-order valence-corrected chi connectivity index (χ4v) is 3.60. The molecule has 1 saturated carbocycles. The molecule has 3 rings (SSSR count). The highest BCUT2D eigenvalue weighted by molar-refractivity contribution is 5.01. The van der Waals surface area contributed by atoms with Gasteiger partial charge in [-0.2, -0.15) is 4.98 Å². The van der Waals surface area contributed by atoms with Gasteiger partial charge in [-0.15, -0.1) is 0 Å². The van der Waals surface area contributed by atoms with Crippen molar-refractivity contribution in [1.29, 1.82) is 0 Å². The van der Waals surface area contributed by atoms with Crippen molar-refractivity contribution in [2.75, 3.05) is 13.1 Å². The third-order valence-corrected chi connectivity index (χ3v) is 4.68. The Morgan fingerprint density at radius 3 is 2.84 bits per heavy atom. The molecule has 0 radical (unpaired) electrons. The number of piperazine rings is 1. The van der Waals surface area contributed by atoms with Crippen LogP contribution in [0.25, 0.3) is 0 Å². The molecular weight excluding hydrogens is 240 g/mol. The molecular formula is C14H24N4O. The quantitative estimate of drug-likeness (QED) is 0.903. The second kappa shape index (κ2) is 5.21. The van der Waals surface area contributed by atoms with Crippen molar-refractivity contribution < 1.29 is 4.52 Å². The molecule has 1 saturated heterocycles. The predicted octanol–water partition coefficient (Wildman–Crippen LogP) is 1.87. The smallest absolute Gasteiger partial charge is 0.223 e. The first-order chi connectivity index (χ1) is 9.21. The first-order valence-electron chi connectivity index (χ1n) is 7.49. The zero-order valence-corrected chi connectivity index (χ0v) is 12.0. The molecule has 1 aromatic rings. The Kier molecular flexibility index (Phi) is 3.58. The van der Waals surface area contributed by atoms with Gasteiger partial charge in [0, 0.05) is 31.6 Å². The maximum absolute atomic E-state index is 5.09. The van der Waals surface area contributed by atoms with Crippen molar-refractivity contribution in [2.45, 2.75) is 64.1 Å². The van der Waals surface area contributed by atoms with E-state index in [1.807, 2.05) is 6.92 Å². The van der Waals surface area contributed by atoms with Gasteiger partial charge in [-0.1, -0.05) is 24.9 Å². The molecule has 2 heterocycles. The standard InChI is InChI=1S/C14H24N4O/c1-3-12-8-15-14(6-4-5-7-14)10-18(12)9-13-16-11(2)19-17-13/h12,15H,3-10H2,1-2H3. The number of aryl methyl sites for hydroxylation is 1. The molecule has 2 aliphatic rings. The molecule has 0 aromatic carbocycles. The van der Waals surface area contributed by atoms with Gasteiger partial charge in [-0.3, -0.25) is 4.90 Å². The van der Waals surface area contributed by atoms with Gasteiger partial charge < -0.3 is 9.84 Å². The number of nitrogens with zero attached hydrogens (tertiary/aromatic N) is 3. The van der Waals surface area contributed by atoms with Crippen LogP contribution in [0.5, 0.6) is 0 Å². The van der Waals surface area contributed by atoms with E-state index in [-0.39, 0.29) is 0 Å². The highest BCUT2D eigenvalue weighted by atomic mass is 16.5. The molecule has 1 spiro atoms. The average molecular weight is 264 g/mol. The molecule has 1 atom stereocenters. The van der Waals surface area contributed by atoms with E-state index in [2.05, 4.69) is 27.3 Å². The van der Waals surface area contributed by atoms with Gasteiger partial charge in [0.2, 0.25) is 5.89 Å². The van der Waals surface area contributed by atoms with Gasteiger partial charge in [0.15, 0.2) is 5.82 Å². The second-order valence-corrected chi connectivity index (χ2v) is 6.07. The average Bonchev–Trinajstić information content (AvgIpc) is 3.00. The van der Waals surface area contributed by atoms with Gasteiger partial charge in [0.1, 0.15) is 0 Å². The topological polar surface area (TPSA) is 54.2 Å². The highest BCUT2D eigenvalue weighted by Crippen LogP contribution is 2.33. The van der Waals surface area contributed by atoms with Crippen LogP contribution >= 0.6 is 0 Å². The van der Waals surface area contributed by atoms with Crippen LogP contribution in [-0.4, -0.2) is 39.7 Å². The SMILES string of the molecule is CCC1CNC2(CCCC2)CN1Cc1noc(C)n1. The highest BCUT2D eigenvalue weighted by Gasteiger charge is 2.40. The van der Waals surface area contributed by atoms with Crippen molar-refractivity contribution in [3.8, 4) is 0 Å². The molecule has 0 bridgehead atoms. The number of hydrogen-bond acceptors (Lipinski definition) is 5. The summed E-state index contributed by atoms with van der Waals surface area (Å²) >= 11 is 0. The summed E-state index contributed by atoms with van der Waals surface area (Å²) in [6.07, 6.45) is 6.51. The van der Waals surface area contributed by atoms with Crippen LogP contribution in [0.3, 0.4) is 0 Å². The largest absolute Gasteiger partial charge is 0.340 e. The normalized spacial score (nSPS) is 27.2. The van der Waals surface area contributed by atoms with Gasteiger partial charge in [-0.05, 0) is 19.3 Å². The molecule has 106 valence electrons. The molecule has 1 aromatic heterocycles. The lowest BCUT2D eigenvalue weighted by molar-refractivity contribution is 0.0689. The fraction of sp³-hybridized carbons (Fsp3) is 0.857. The van der Waals surface area contributed by atoms with Crippen molar-refractivity contribution in [2.24, 2.45) is 0 Å². The van der Waals surface area contributed by atoms with Crippen LogP contribution < -0.4 is 5.32 Å². The van der Waals surface area contributed by atoms with Gasteiger partial charge in [-0.25, -0.2) is 0 Å². The van der Waals surface area contributed by atoms with Crippen molar-refractivity contribution >= 4 is 0 Å². The Labute approximate surface area is 114 Å². The number of hydrogen-bond donors (Lipinski definition) is 1. The third-order valence-electron chi connectivity index (χ3n) is 4.68. The van der Waals surface area contributed by atoms with Gasteiger partial charge >= 0.3 is 0 Å². The summed E-state index contributed by atoms with van der Waals surface area (Å²) in [6.45, 7) is 7.14. The summed E-state index contributed by atoms with van der Waals surface area (Å²) in [5, 5.41) is 7.86. The van der Waals surface area contributed by atoms with Crippen LogP contribution in [0.4, 0.5) is 0 Å². The monoisotopic (exact) mass is 264 g/mol. The molecule has 1 N–H and O–H groups in total. The molecule has 1 aliphatic heterocycles. The Balaban J connectivity index is 1.71. The van der Waals surface area contributed by atoms with Crippen molar-refractivity contribution in [3.63, 3.8) is 0 Å².